The van der Waals surface area contributed by atoms with Crippen LogP contribution < -0.4 is 0 Å². The highest BCUT2D eigenvalue weighted by atomic mass is 16.6. The normalized spacial score (nSPS) is 13.2. The number of rotatable bonds is 50. The summed E-state index contributed by atoms with van der Waals surface area (Å²) in [5, 5.41) is 0. The van der Waals surface area contributed by atoms with Crippen molar-refractivity contribution in [1.29, 1.82) is 0 Å². The lowest BCUT2D eigenvalue weighted by Gasteiger charge is -2.18. The van der Waals surface area contributed by atoms with E-state index in [1.807, 2.05) is 24.3 Å². The van der Waals surface area contributed by atoms with Gasteiger partial charge in [-0.1, -0.05) is 256 Å². The molecule has 6 nitrogen and oxygen atoms in total. The van der Waals surface area contributed by atoms with Gasteiger partial charge in [0.2, 0.25) is 0 Å². The zero-order valence-electron chi connectivity index (χ0n) is 46.1. The average Bonchev–Trinajstić information content (AvgIpc) is 3.38. The molecule has 0 aromatic carbocycles. The third kappa shape index (κ3) is 56.2. The molecule has 0 aliphatic rings. The minimum Gasteiger partial charge on any atom is -0.462 e. The van der Waals surface area contributed by atoms with Gasteiger partial charge in [0.05, 0.1) is 0 Å². The van der Waals surface area contributed by atoms with Crippen molar-refractivity contribution in [2.75, 3.05) is 13.2 Å². The fraction of sp³-hybridized carbons (Fsp3) is 0.591. The van der Waals surface area contributed by atoms with E-state index in [0.29, 0.717) is 19.3 Å². The lowest BCUT2D eigenvalue weighted by molar-refractivity contribution is -0.166. The first-order valence-electron chi connectivity index (χ1n) is 28.8. The van der Waals surface area contributed by atoms with Crippen molar-refractivity contribution in [3.8, 4) is 0 Å². The maximum Gasteiger partial charge on any atom is 0.306 e. The quantitative estimate of drug-likeness (QED) is 0.0261. The summed E-state index contributed by atoms with van der Waals surface area (Å²) in [7, 11) is 0. The van der Waals surface area contributed by atoms with Gasteiger partial charge in [0.15, 0.2) is 6.10 Å². The number of carbonyl (C=O) groups excluding carboxylic acids is 3. The molecule has 0 rings (SSSR count). The molecule has 0 N–H and O–H groups in total. The van der Waals surface area contributed by atoms with E-state index < -0.39 is 12.1 Å². The summed E-state index contributed by atoms with van der Waals surface area (Å²) in [5.41, 5.74) is 0. The van der Waals surface area contributed by atoms with Gasteiger partial charge in [-0.3, -0.25) is 14.4 Å². The second kappa shape index (κ2) is 58.9. The summed E-state index contributed by atoms with van der Waals surface area (Å²) in [6.45, 7) is 6.36. The second-order valence-corrected chi connectivity index (χ2v) is 18.5. The summed E-state index contributed by atoms with van der Waals surface area (Å²) in [4.78, 5) is 38.1. The number of ether oxygens (including phenoxy) is 3. The minimum absolute atomic E-state index is 0.135. The summed E-state index contributed by atoms with van der Waals surface area (Å²) in [6.07, 6.45) is 84.3. The summed E-state index contributed by atoms with van der Waals surface area (Å²) in [6, 6.07) is 0. The Morgan fingerprint density at radius 3 is 0.931 bits per heavy atom. The van der Waals surface area contributed by atoms with Crippen molar-refractivity contribution < 1.29 is 28.6 Å². The van der Waals surface area contributed by atoms with Crippen LogP contribution in [-0.4, -0.2) is 37.2 Å². The van der Waals surface area contributed by atoms with Gasteiger partial charge in [-0.05, 0) is 103 Å². The maximum absolute atomic E-state index is 12.8. The topological polar surface area (TPSA) is 78.9 Å². The standard InChI is InChI=1S/C66H104O6/c1-4-7-10-13-16-19-22-25-27-29-31-32-33-35-36-38-41-44-47-50-53-56-59-65(68)71-62-63(61-70-64(67)58-55-52-49-46-43-40-24-21-18-15-12-9-6-3)72-66(69)60-57-54-51-48-45-42-39-37-34-30-28-26-23-20-17-14-11-8-5-2/h8,11,16-17,19-20,25-28,31-32,34-37,41-42,44-45,50-51,53-54,63H,4-7,9-10,12-15,18,21-24,29-30,33,38-40,43,46-49,52,55-62H2,1-3H3/b11-8-,19-16-,20-17-,27-25-,28-26-,32-31-,36-35-,37-34-,44-41-,45-42-,53-50-,54-51-. The number of esters is 3. The molecule has 404 valence electrons. The zero-order valence-corrected chi connectivity index (χ0v) is 46.1. The molecule has 0 saturated heterocycles. The van der Waals surface area contributed by atoms with E-state index in [9.17, 15) is 14.4 Å². The van der Waals surface area contributed by atoms with Crippen LogP contribution in [0.3, 0.4) is 0 Å². The van der Waals surface area contributed by atoms with Gasteiger partial charge >= 0.3 is 17.9 Å². The highest BCUT2D eigenvalue weighted by molar-refractivity contribution is 5.71. The number of hydrogen-bond acceptors (Lipinski definition) is 6. The van der Waals surface area contributed by atoms with Crippen molar-refractivity contribution in [3.63, 3.8) is 0 Å². The van der Waals surface area contributed by atoms with Gasteiger partial charge in [-0.15, -0.1) is 0 Å². The van der Waals surface area contributed by atoms with Gasteiger partial charge in [0, 0.05) is 19.3 Å². The first-order valence-corrected chi connectivity index (χ1v) is 28.8. The Bertz CT molecular complexity index is 1610. The van der Waals surface area contributed by atoms with Gasteiger partial charge in [0.1, 0.15) is 13.2 Å². The molecule has 0 fully saturated rings. The summed E-state index contributed by atoms with van der Waals surface area (Å²) >= 11 is 0. The number of carbonyl (C=O) groups is 3. The van der Waals surface area contributed by atoms with Crippen LogP contribution in [0, 0.1) is 0 Å². The van der Waals surface area contributed by atoms with Gasteiger partial charge < -0.3 is 14.2 Å². The Labute approximate surface area is 442 Å². The second-order valence-electron chi connectivity index (χ2n) is 18.5. The molecule has 1 unspecified atom stereocenters. The third-order valence-electron chi connectivity index (χ3n) is 11.6. The molecule has 0 amide bonds. The molecule has 0 aliphatic carbocycles. The van der Waals surface area contributed by atoms with Crippen LogP contribution in [0.1, 0.15) is 233 Å². The van der Waals surface area contributed by atoms with Crippen molar-refractivity contribution in [2.45, 2.75) is 239 Å². The van der Waals surface area contributed by atoms with Crippen LogP contribution in [0.2, 0.25) is 0 Å². The van der Waals surface area contributed by atoms with Crippen LogP contribution in [0.25, 0.3) is 0 Å². The fourth-order valence-electron chi connectivity index (χ4n) is 7.31. The molecule has 0 spiro atoms. The summed E-state index contributed by atoms with van der Waals surface area (Å²) < 4.78 is 16.7. The predicted molar refractivity (Wildman–Crippen MR) is 311 cm³/mol. The molecule has 0 aromatic heterocycles. The smallest absolute Gasteiger partial charge is 0.306 e. The first-order chi connectivity index (χ1) is 35.5. The number of unbranched alkanes of at least 4 members (excludes halogenated alkanes) is 15. The van der Waals surface area contributed by atoms with Gasteiger partial charge in [-0.2, -0.15) is 0 Å². The molecule has 1 atom stereocenters. The predicted octanol–water partition coefficient (Wildman–Crippen LogP) is 19.6. The Morgan fingerprint density at radius 2 is 0.569 bits per heavy atom. The Balaban J connectivity index is 4.62. The van der Waals surface area contributed by atoms with Crippen molar-refractivity contribution in [2.24, 2.45) is 0 Å². The number of hydrogen-bond donors (Lipinski definition) is 0. The molecule has 0 bridgehead atoms. The van der Waals surface area contributed by atoms with E-state index in [0.717, 1.165) is 89.9 Å². The Hall–Kier alpha value is -4.71. The molecular formula is C66H104O6. The van der Waals surface area contributed by atoms with Crippen molar-refractivity contribution in [3.05, 3.63) is 146 Å². The van der Waals surface area contributed by atoms with Crippen molar-refractivity contribution in [1.82, 2.24) is 0 Å². The molecular weight excluding hydrogens is 889 g/mol. The van der Waals surface area contributed by atoms with E-state index in [2.05, 4.69) is 142 Å². The lowest BCUT2D eigenvalue weighted by Crippen LogP contribution is -2.30. The molecule has 0 heterocycles. The maximum atomic E-state index is 12.8. The molecule has 0 aromatic rings. The average molecular weight is 994 g/mol. The van der Waals surface area contributed by atoms with E-state index >= 15 is 0 Å². The minimum atomic E-state index is -0.854. The van der Waals surface area contributed by atoms with Crippen LogP contribution >= 0.6 is 0 Å². The molecule has 0 aliphatic heterocycles. The van der Waals surface area contributed by atoms with E-state index in [4.69, 9.17) is 14.2 Å². The van der Waals surface area contributed by atoms with Crippen LogP contribution in [0.5, 0.6) is 0 Å². The molecule has 72 heavy (non-hydrogen) atoms. The van der Waals surface area contributed by atoms with Gasteiger partial charge in [-0.25, -0.2) is 0 Å². The molecule has 0 saturated carbocycles. The van der Waals surface area contributed by atoms with E-state index in [1.165, 1.54) is 89.9 Å². The third-order valence-corrected chi connectivity index (χ3v) is 11.6. The highest BCUT2D eigenvalue weighted by Crippen LogP contribution is 2.14. The lowest BCUT2D eigenvalue weighted by atomic mass is 10.0. The van der Waals surface area contributed by atoms with E-state index in [-0.39, 0.29) is 38.0 Å². The Kier molecular flexibility index (Phi) is 55.0. The van der Waals surface area contributed by atoms with Crippen LogP contribution in [0.15, 0.2) is 146 Å². The Morgan fingerprint density at radius 1 is 0.292 bits per heavy atom. The first kappa shape index (κ1) is 67.3. The zero-order chi connectivity index (χ0) is 52.2. The molecule has 6 heteroatoms. The SMILES string of the molecule is CC/C=C\C/C=C\C/C=C\C/C=C\C/C=C\C/C=C\CCC(=O)OC(COC(=O)CC/C=C\C/C=C\C/C=C\C/C=C\C/C=C\C/C=C\CCCCC)COC(=O)CCCCCCCCCCCCCCC. The highest BCUT2D eigenvalue weighted by Gasteiger charge is 2.19. The molecule has 0 radical (unpaired) electrons. The van der Waals surface area contributed by atoms with E-state index in [1.54, 1.807) is 0 Å². The van der Waals surface area contributed by atoms with Crippen LogP contribution in [-0.2, 0) is 28.6 Å². The largest absolute Gasteiger partial charge is 0.462 e. The fourth-order valence-corrected chi connectivity index (χ4v) is 7.31. The van der Waals surface area contributed by atoms with Crippen molar-refractivity contribution >= 4 is 17.9 Å². The van der Waals surface area contributed by atoms with Crippen LogP contribution in [0.4, 0.5) is 0 Å². The summed E-state index contributed by atoms with van der Waals surface area (Å²) in [5.74, 6) is -1.11. The van der Waals surface area contributed by atoms with Gasteiger partial charge in [0.25, 0.3) is 0 Å². The monoisotopic (exact) mass is 993 g/mol. The number of allylic oxidation sites excluding steroid dienone is 24.